The highest BCUT2D eigenvalue weighted by Crippen LogP contribution is 2.38. The first-order valence-electron chi connectivity index (χ1n) is 9.36. The van der Waals surface area contributed by atoms with Crippen LogP contribution in [-0.4, -0.2) is 5.97 Å². The number of rotatable bonds is 3. The Labute approximate surface area is 188 Å². The van der Waals surface area contributed by atoms with E-state index in [0.29, 0.717) is 4.47 Å². The molecule has 0 atom stereocenters. The van der Waals surface area contributed by atoms with Crippen LogP contribution >= 0.6 is 15.9 Å². The van der Waals surface area contributed by atoms with Crippen molar-refractivity contribution in [1.29, 1.82) is 0 Å². The average molecular weight is 503 g/mol. The van der Waals surface area contributed by atoms with Crippen LogP contribution in [0.3, 0.4) is 0 Å². The van der Waals surface area contributed by atoms with Gasteiger partial charge in [-0.2, -0.15) is 13.2 Å². The van der Waals surface area contributed by atoms with E-state index in [0.717, 1.165) is 11.6 Å². The van der Waals surface area contributed by atoms with Gasteiger partial charge in [0.25, 0.3) is 0 Å². The van der Waals surface area contributed by atoms with E-state index in [1.807, 2.05) is 6.92 Å². The van der Waals surface area contributed by atoms with Gasteiger partial charge in [0.05, 0.1) is 16.5 Å². The van der Waals surface area contributed by atoms with Crippen LogP contribution in [0, 0.1) is 6.92 Å². The van der Waals surface area contributed by atoms with Gasteiger partial charge in [-0.25, -0.2) is 4.79 Å². The standard InChI is InChI=1S/C24H14BrF3O4/c1-13-2-4-15(5-3-13)23(30)31-17-10-11-18-19(12-17)32-22(24(26,27)28)20(21(18)29)14-6-8-16(25)9-7-14/h2-12H,1H3. The highest BCUT2D eigenvalue weighted by molar-refractivity contribution is 9.10. The molecule has 0 saturated heterocycles. The molecule has 32 heavy (non-hydrogen) atoms. The molecule has 4 nitrogen and oxygen atoms in total. The Morgan fingerprint density at radius 1 is 0.969 bits per heavy atom. The normalized spacial score (nSPS) is 11.5. The maximum absolute atomic E-state index is 13.8. The van der Waals surface area contributed by atoms with Crippen molar-refractivity contribution < 1.29 is 27.1 Å². The molecule has 0 fully saturated rings. The Hall–Kier alpha value is -3.39. The Bertz CT molecular complexity index is 1370. The molecule has 0 aliphatic rings. The Kier molecular flexibility index (Phi) is 5.64. The van der Waals surface area contributed by atoms with E-state index in [9.17, 15) is 22.8 Å². The lowest BCUT2D eigenvalue weighted by atomic mass is 10.0. The number of ether oxygens (including phenoxy) is 1. The number of hydrogen-bond donors (Lipinski definition) is 0. The van der Waals surface area contributed by atoms with Gasteiger partial charge in [0.2, 0.25) is 11.2 Å². The van der Waals surface area contributed by atoms with Crippen molar-refractivity contribution in [1.82, 2.24) is 0 Å². The zero-order chi connectivity index (χ0) is 23.0. The fraction of sp³-hybridized carbons (Fsp3) is 0.0833. The molecular formula is C24H14BrF3O4. The van der Waals surface area contributed by atoms with Crippen LogP contribution in [-0.2, 0) is 6.18 Å². The number of fused-ring (bicyclic) bond motifs is 1. The second-order valence-corrected chi connectivity index (χ2v) is 7.97. The first-order valence-corrected chi connectivity index (χ1v) is 10.2. The summed E-state index contributed by atoms with van der Waals surface area (Å²) >= 11 is 3.22. The van der Waals surface area contributed by atoms with Crippen LogP contribution < -0.4 is 10.2 Å². The second kappa shape index (κ2) is 8.27. The van der Waals surface area contributed by atoms with Crippen molar-refractivity contribution >= 4 is 32.9 Å². The highest BCUT2D eigenvalue weighted by atomic mass is 79.9. The lowest BCUT2D eigenvalue weighted by Gasteiger charge is -2.13. The third-order valence-electron chi connectivity index (χ3n) is 4.75. The minimum absolute atomic E-state index is 0.0456. The molecule has 162 valence electrons. The number of carbonyl (C=O) groups excluding carboxylic acids is 1. The number of carbonyl (C=O) groups is 1. The largest absolute Gasteiger partial charge is 0.450 e. The van der Waals surface area contributed by atoms with E-state index < -0.39 is 28.9 Å². The quantitative estimate of drug-likeness (QED) is 0.229. The van der Waals surface area contributed by atoms with Crippen LogP contribution in [0.25, 0.3) is 22.1 Å². The van der Waals surface area contributed by atoms with Crippen LogP contribution in [0.1, 0.15) is 21.7 Å². The summed E-state index contributed by atoms with van der Waals surface area (Å²) in [6, 6.07) is 16.2. The minimum atomic E-state index is -4.91. The molecule has 4 aromatic rings. The van der Waals surface area contributed by atoms with E-state index in [2.05, 4.69) is 15.9 Å². The fourth-order valence-corrected chi connectivity index (χ4v) is 3.44. The molecule has 0 saturated carbocycles. The minimum Gasteiger partial charge on any atom is -0.450 e. The highest BCUT2D eigenvalue weighted by Gasteiger charge is 2.39. The first kappa shape index (κ1) is 21.8. The van der Waals surface area contributed by atoms with Gasteiger partial charge >= 0.3 is 12.1 Å². The first-order chi connectivity index (χ1) is 15.1. The summed E-state index contributed by atoms with van der Waals surface area (Å²) in [5, 5.41) is -0.0638. The molecule has 0 spiro atoms. The van der Waals surface area contributed by atoms with Crippen molar-refractivity contribution in [2.75, 3.05) is 0 Å². The van der Waals surface area contributed by atoms with E-state index in [1.165, 1.54) is 36.4 Å². The van der Waals surface area contributed by atoms with Crippen molar-refractivity contribution in [2.24, 2.45) is 0 Å². The van der Waals surface area contributed by atoms with E-state index in [4.69, 9.17) is 9.15 Å². The van der Waals surface area contributed by atoms with Crippen molar-refractivity contribution in [3.8, 4) is 16.9 Å². The smallest absolute Gasteiger partial charge is 0.450 e. The molecule has 0 bridgehead atoms. The SMILES string of the molecule is Cc1ccc(C(=O)Oc2ccc3c(=O)c(-c4ccc(Br)cc4)c(C(F)(F)F)oc3c2)cc1. The lowest BCUT2D eigenvalue weighted by Crippen LogP contribution is -2.16. The number of esters is 1. The van der Waals surface area contributed by atoms with Gasteiger partial charge in [0, 0.05) is 10.5 Å². The summed E-state index contributed by atoms with van der Waals surface area (Å²) < 4.78 is 52.3. The number of alkyl halides is 3. The van der Waals surface area contributed by atoms with Crippen molar-refractivity contribution in [3.05, 3.63) is 98.3 Å². The molecule has 0 N–H and O–H groups in total. The van der Waals surface area contributed by atoms with Crippen LogP contribution in [0.2, 0.25) is 0 Å². The Balaban J connectivity index is 1.81. The van der Waals surface area contributed by atoms with Crippen molar-refractivity contribution in [2.45, 2.75) is 13.1 Å². The molecule has 4 rings (SSSR count). The monoisotopic (exact) mass is 502 g/mol. The maximum Gasteiger partial charge on any atom is 0.450 e. The maximum atomic E-state index is 13.8. The van der Waals surface area contributed by atoms with Gasteiger partial charge < -0.3 is 9.15 Å². The van der Waals surface area contributed by atoms with Crippen LogP contribution in [0.4, 0.5) is 13.2 Å². The second-order valence-electron chi connectivity index (χ2n) is 7.05. The Morgan fingerprint density at radius 3 is 2.25 bits per heavy atom. The molecule has 1 heterocycles. The third kappa shape index (κ3) is 4.31. The van der Waals surface area contributed by atoms with E-state index in [1.54, 1.807) is 24.3 Å². The summed E-state index contributed by atoms with van der Waals surface area (Å²) in [6.45, 7) is 1.86. The summed E-state index contributed by atoms with van der Waals surface area (Å²) in [4.78, 5) is 25.3. The van der Waals surface area contributed by atoms with Gasteiger partial charge in [-0.3, -0.25) is 4.79 Å². The van der Waals surface area contributed by atoms with Crippen LogP contribution in [0.5, 0.6) is 5.75 Å². The number of halogens is 4. The summed E-state index contributed by atoms with van der Waals surface area (Å²) in [5.74, 6) is -2.15. The topological polar surface area (TPSA) is 56.5 Å². The van der Waals surface area contributed by atoms with Gasteiger partial charge in [0.15, 0.2) is 0 Å². The fourth-order valence-electron chi connectivity index (χ4n) is 3.17. The molecule has 0 amide bonds. The predicted molar refractivity (Wildman–Crippen MR) is 117 cm³/mol. The van der Waals surface area contributed by atoms with Gasteiger partial charge in [-0.05, 0) is 48.9 Å². The molecular weight excluding hydrogens is 489 g/mol. The molecule has 1 aromatic heterocycles. The summed E-state index contributed by atoms with van der Waals surface area (Å²) in [6.07, 6.45) is -4.91. The molecule has 0 aliphatic carbocycles. The Morgan fingerprint density at radius 2 is 1.62 bits per heavy atom. The molecule has 8 heteroatoms. The molecule has 0 radical (unpaired) electrons. The molecule has 0 aliphatic heterocycles. The molecule has 0 unspecified atom stereocenters. The third-order valence-corrected chi connectivity index (χ3v) is 5.28. The summed E-state index contributed by atoms with van der Waals surface area (Å²) in [5.41, 5.74) is -0.448. The predicted octanol–water partition coefficient (Wildman–Crippen LogP) is 6.77. The zero-order valence-electron chi connectivity index (χ0n) is 16.5. The zero-order valence-corrected chi connectivity index (χ0v) is 18.1. The van der Waals surface area contributed by atoms with Gasteiger partial charge in [-0.15, -0.1) is 0 Å². The van der Waals surface area contributed by atoms with E-state index >= 15 is 0 Å². The van der Waals surface area contributed by atoms with Crippen molar-refractivity contribution in [3.63, 3.8) is 0 Å². The van der Waals surface area contributed by atoms with Gasteiger partial charge in [0.1, 0.15) is 11.3 Å². The number of hydrogen-bond acceptors (Lipinski definition) is 4. The summed E-state index contributed by atoms with van der Waals surface area (Å²) in [7, 11) is 0. The van der Waals surface area contributed by atoms with E-state index in [-0.39, 0.29) is 27.8 Å². The number of benzene rings is 3. The van der Waals surface area contributed by atoms with Crippen LogP contribution in [0.15, 0.2) is 80.4 Å². The van der Waals surface area contributed by atoms with Gasteiger partial charge in [-0.1, -0.05) is 45.8 Å². The average Bonchev–Trinajstić information content (AvgIpc) is 2.74. The molecule has 3 aromatic carbocycles. The number of aryl methyl sites for hydroxylation is 1. The lowest BCUT2D eigenvalue weighted by molar-refractivity contribution is -0.152.